The third-order valence-corrected chi connectivity index (χ3v) is 6.45. The molecule has 1 aliphatic rings. The minimum absolute atomic E-state index is 0.0739. The van der Waals surface area contributed by atoms with Crippen molar-refractivity contribution < 1.29 is 8.42 Å². The highest BCUT2D eigenvalue weighted by atomic mass is 32.2. The molecule has 0 aliphatic carbocycles. The van der Waals surface area contributed by atoms with Gasteiger partial charge in [-0.1, -0.05) is 11.3 Å². The maximum atomic E-state index is 12.2. The Morgan fingerprint density at radius 1 is 1.48 bits per heavy atom. The van der Waals surface area contributed by atoms with Gasteiger partial charge in [-0.25, -0.2) is 22.6 Å². The summed E-state index contributed by atoms with van der Waals surface area (Å²) in [6.45, 7) is 6.79. The highest BCUT2D eigenvalue weighted by Gasteiger charge is 2.34. The second-order valence-corrected chi connectivity index (χ2v) is 8.60. The van der Waals surface area contributed by atoms with Crippen LogP contribution in [0.2, 0.25) is 0 Å². The van der Waals surface area contributed by atoms with Crippen molar-refractivity contribution in [2.45, 2.75) is 38.5 Å². The molecule has 0 spiro atoms. The van der Waals surface area contributed by atoms with Crippen LogP contribution in [0.4, 0.5) is 5.13 Å². The van der Waals surface area contributed by atoms with Gasteiger partial charge in [-0.3, -0.25) is 0 Å². The van der Waals surface area contributed by atoms with Gasteiger partial charge in [0.2, 0.25) is 20.1 Å². The molecule has 7 nitrogen and oxygen atoms in total. The van der Waals surface area contributed by atoms with E-state index in [1.165, 1.54) is 11.3 Å². The fraction of sp³-hybridized carbons (Fsp3) is 0.667. The summed E-state index contributed by atoms with van der Waals surface area (Å²) < 4.78 is 28.9. The molecule has 0 bridgehead atoms. The molecule has 1 N–H and O–H groups in total. The molecule has 1 saturated heterocycles. The Bertz CT molecular complexity index is 717. The van der Waals surface area contributed by atoms with Crippen molar-refractivity contribution in [3.63, 3.8) is 0 Å². The van der Waals surface area contributed by atoms with Crippen LogP contribution in [0, 0.1) is 6.92 Å². The van der Waals surface area contributed by atoms with E-state index in [1.807, 2.05) is 31.9 Å². The highest BCUT2D eigenvalue weighted by Crippen LogP contribution is 2.28. The van der Waals surface area contributed by atoms with Crippen LogP contribution in [-0.4, -0.2) is 47.4 Å². The van der Waals surface area contributed by atoms with Crippen LogP contribution >= 0.6 is 11.3 Å². The van der Waals surface area contributed by atoms with E-state index in [0.717, 1.165) is 15.8 Å². The summed E-state index contributed by atoms with van der Waals surface area (Å²) in [5.74, 6) is 0. The average Bonchev–Trinajstić information content (AvgIpc) is 2.98. The monoisotopic (exact) mass is 329 g/mol. The Balaban J connectivity index is 1.75. The Morgan fingerprint density at radius 3 is 2.90 bits per heavy atom. The molecule has 2 aromatic rings. The normalized spacial score (nSPS) is 20.0. The van der Waals surface area contributed by atoms with Crippen LogP contribution in [0.15, 0.2) is 6.20 Å². The maximum Gasteiger partial charge on any atom is 0.216 e. The van der Waals surface area contributed by atoms with Gasteiger partial charge in [-0.05, 0) is 27.2 Å². The van der Waals surface area contributed by atoms with Crippen molar-refractivity contribution in [3.05, 3.63) is 11.9 Å². The lowest BCUT2D eigenvalue weighted by Crippen LogP contribution is -2.39. The first kappa shape index (κ1) is 14.7. The van der Waals surface area contributed by atoms with Crippen LogP contribution in [0.5, 0.6) is 0 Å². The predicted octanol–water partition coefficient (Wildman–Crippen LogP) is 1.01. The number of aromatic nitrogens is 3. The Kier molecular flexibility index (Phi) is 3.66. The number of hydrogen-bond donors (Lipinski definition) is 1. The van der Waals surface area contributed by atoms with Crippen molar-refractivity contribution >= 4 is 31.5 Å². The molecule has 3 heterocycles. The lowest BCUT2D eigenvalue weighted by atomic mass is 10.4. The SMILES string of the molecule is Cc1cn2nc(N3CCC(S(=O)(=O)NC(C)C)C3)sc2n1. The number of nitrogens with zero attached hydrogens (tertiary/aromatic N) is 4. The minimum Gasteiger partial charge on any atom is -0.345 e. The summed E-state index contributed by atoms with van der Waals surface area (Å²) in [4.78, 5) is 7.24. The van der Waals surface area contributed by atoms with Gasteiger partial charge in [0.25, 0.3) is 0 Å². The minimum atomic E-state index is -3.26. The fourth-order valence-electron chi connectivity index (χ4n) is 2.51. The molecule has 0 saturated carbocycles. The van der Waals surface area contributed by atoms with E-state index in [1.54, 1.807) is 4.52 Å². The number of nitrogens with one attached hydrogen (secondary N) is 1. The van der Waals surface area contributed by atoms with Gasteiger partial charge in [0, 0.05) is 19.1 Å². The van der Waals surface area contributed by atoms with Crippen molar-refractivity contribution in [1.82, 2.24) is 19.3 Å². The number of rotatable bonds is 4. The fourth-order valence-corrected chi connectivity index (χ4v) is 5.11. The van der Waals surface area contributed by atoms with E-state index in [9.17, 15) is 8.42 Å². The summed E-state index contributed by atoms with van der Waals surface area (Å²) in [6.07, 6.45) is 2.50. The zero-order chi connectivity index (χ0) is 15.2. The number of aryl methyl sites for hydroxylation is 1. The van der Waals surface area contributed by atoms with E-state index in [2.05, 4.69) is 14.8 Å². The van der Waals surface area contributed by atoms with E-state index in [0.29, 0.717) is 19.5 Å². The Hall–Kier alpha value is -1.19. The molecular formula is C12H19N5O2S2. The molecule has 0 aromatic carbocycles. The second kappa shape index (κ2) is 5.22. The topological polar surface area (TPSA) is 79.6 Å². The van der Waals surface area contributed by atoms with Crippen molar-refractivity contribution in [2.24, 2.45) is 0 Å². The van der Waals surface area contributed by atoms with Crippen molar-refractivity contribution in [2.75, 3.05) is 18.0 Å². The summed E-state index contributed by atoms with van der Waals surface area (Å²) >= 11 is 1.49. The van der Waals surface area contributed by atoms with E-state index < -0.39 is 10.0 Å². The molecule has 1 atom stereocenters. The van der Waals surface area contributed by atoms with Crippen LogP contribution in [0.25, 0.3) is 4.96 Å². The number of imidazole rings is 1. The zero-order valence-corrected chi connectivity index (χ0v) is 13.9. The average molecular weight is 329 g/mol. The molecule has 2 aromatic heterocycles. The first-order valence-electron chi connectivity index (χ1n) is 6.94. The van der Waals surface area contributed by atoms with Gasteiger partial charge in [-0.2, -0.15) is 0 Å². The maximum absolute atomic E-state index is 12.2. The highest BCUT2D eigenvalue weighted by molar-refractivity contribution is 7.90. The van der Waals surface area contributed by atoms with Crippen LogP contribution in [0.3, 0.4) is 0 Å². The smallest absolute Gasteiger partial charge is 0.216 e. The quantitative estimate of drug-likeness (QED) is 0.905. The third-order valence-electron chi connectivity index (χ3n) is 3.41. The molecule has 0 radical (unpaired) electrons. The molecule has 21 heavy (non-hydrogen) atoms. The van der Waals surface area contributed by atoms with Gasteiger partial charge in [0.1, 0.15) is 0 Å². The van der Waals surface area contributed by atoms with Crippen LogP contribution in [0.1, 0.15) is 26.0 Å². The number of hydrogen-bond acceptors (Lipinski definition) is 6. The molecule has 1 unspecified atom stereocenters. The number of fused-ring (bicyclic) bond motifs is 1. The molecule has 116 valence electrons. The molecule has 1 aliphatic heterocycles. The molecule has 3 rings (SSSR count). The first-order valence-corrected chi connectivity index (χ1v) is 9.30. The van der Waals surface area contributed by atoms with E-state index in [-0.39, 0.29) is 11.3 Å². The van der Waals surface area contributed by atoms with Gasteiger partial charge in [0.15, 0.2) is 0 Å². The van der Waals surface area contributed by atoms with Crippen LogP contribution in [-0.2, 0) is 10.0 Å². The molecule has 1 fully saturated rings. The second-order valence-electron chi connectivity index (χ2n) is 5.67. The Morgan fingerprint density at radius 2 is 2.24 bits per heavy atom. The summed E-state index contributed by atoms with van der Waals surface area (Å²) in [5, 5.41) is 4.93. The lowest BCUT2D eigenvalue weighted by molar-refractivity contribution is 0.557. The van der Waals surface area contributed by atoms with E-state index in [4.69, 9.17) is 0 Å². The molecule has 0 amide bonds. The van der Waals surface area contributed by atoms with E-state index >= 15 is 0 Å². The predicted molar refractivity (Wildman–Crippen MR) is 83.4 cm³/mol. The standard InChI is InChI=1S/C12H19N5O2S2/c1-8(2)15-21(18,19)10-4-5-16(7-10)12-14-17-6-9(3)13-11(17)20-12/h6,8,10,15H,4-5,7H2,1-3H3. The number of sulfonamides is 1. The summed E-state index contributed by atoms with van der Waals surface area (Å²) in [5.41, 5.74) is 0.934. The van der Waals surface area contributed by atoms with Gasteiger partial charge < -0.3 is 4.90 Å². The lowest BCUT2D eigenvalue weighted by Gasteiger charge is -2.16. The molecular weight excluding hydrogens is 310 g/mol. The Labute approximate surface area is 128 Å². The number of anilines is 1. The summed E-state index contributed by atoms with van der Waals surface area (Å²) in [7, 11) is -3.26. The first-order chi connectivity index (χ1) is 9.85. The van der Waals surface area contributed by atoms with Gasteiger partial charge in [-0.15, -0.1) is 5.10 Å². The van der Waals surface area contributed by atoms with Gasteiger partial charge in [0.05, 0.1) is 17.1 Å². The summed E-state index contributed by atoms with van der Waals surface area (Å²) in [6, 6.07) is -0.0739. The third kappa shape index (κ3) is 2.90. The van der Waals surface area contributed by atoms with Crippen LogP contribution < -0.4 is 9.62 Å². The largest absolute Gasteiger partial charge is 0.345 e. The van der Waals surface area contributed by atoms with Crippen molar-refractivity contribution in [3.8, 4) is 0 Å². The molecule has 9 heteroatoms. The van der Waals surface area contributed by atoms with Gasteiger partial charge >= 0.3 is 0 Å². The zero-order valence-electron chi connectivity index (χ0n) is 12.3. The van der Waals surface area contributed by atoms with Crippen molar-refractivity contribution in [1.29, 1.82) is 0 Å².